The zero-order valence-corrected chi connectivity index (χ0v) is 29.8. The Bertz CT molecular complexity index is 1580. The van der Waals surface area contributed by atoms with Crippen LogP contribution in [-0.2, 0) is 24.5 Å². The highest BCUT2D eigenvalue weighted by atomic mass is 32.2. The quantitative estimate of drug-likeness (QED) is 0.423. The number of likely N-dealkylation sites (N-methyl/N-ethyl adjacent to an activating group) is 1. The Morgan fingerprint density at radius 2 is 1.80 bits per heavy atom. The number of methoxy groups -OCH3 is 1. The van der Waals surface area contributed by atoms with E-state index in [0.717, 1.165) is 34.2 Å². The van der Waals surface area contributed by atoms with Crippen molar-refractivity contribution in [1.29, 1.82) is 0 Å². The van der Waals surface area contributed by atoms with E-state index < -0.39 is 16.1 Å². The molecule has 0 aromatic heterocycles. The number of fused-ring (bicyclic) bond motifs is 5. The lowest BCUT2D eigenvalue weighted by molar-refractivity contribution is -0.135. The molecule has 3 heterocycles. The number of rotatable bonds is 8. The van der Waals surface area contributed by atoms with Crippen molar-refractivity contribution in [3.8, 4) is 0 Å². The van der Waals surface area contributed by atoms with Gasteiger partial charge in [-0.15, -0.1) is 0 Å². The molecule has 6 rings (SSSR count). The van der Waals surface area contributed by atoms with Crippen LogP contribution in [-0.4, -0.2) is 120 Å². The molecule has 2 aliphatic carbocycles. The molecular weight excluding hydrogens is 648 g/mol. The minimum Gasteiger partial charge on any atom is -0.497 e. The number of ether oxygens (including phenoxy) is 2. The smallest absolute Gasteiger partial charge is 0.317 e. The van der Waals surface area contributed by atoms with Crippen LogP contribution in [0.25, 0.3) is 0 Å². The van der Waals surface area contributed by atoms with Crippen LogP contribution in [0.5, 0.6) is 0 Å². The Balaban J connectivity index is 1.32. The van der Waals surface area contributed by atoms with Crippen LogP contribution in [0.15, 0.2) is 42.2 Å². The van der Waals surface area contributed by atoms with Crippen LogP contribution in [0.3, 0.4) is 0 Å². The molecule has 268 valence electrons. The molecule has 1 aromatic carbocycles. The topological polar surface area (TPSA) is 141 Å². The molecule has 1 aromatic rings. The highest BCUT2D eigenvalue weighted by Crippen LogP contribution is 2.54. The van der Waals surface area contributed by atoms with Crippen molar-refractivity contribution >= 4 is 33.7 Å². The fourth-order valence-electron chi connectivity index (χ4n) is 8.39. The fraction of sp³-hybridized carbons (Fsp3) is 0.629. The number of carbonyl (C=O) groups excluding carboxylic acids is 3. The van der Waals surface area contributed by atoms with Gasteiger partial charge in [0.15, 0.2) is 0 Å². The molecule has 5 aliphatic rings. The van der Waals surface area contributed by atoms with Gasteiger partial charge in [0.05, 0.1) is 20.3 Å². The van der Waals surface area contributed by atoms with Crippen LogP contribution in [0.2, 0.25) is 0 Å². The first-order valence-electron chi connectivity index (χ1n) is 17.4. The number of allylic oxidation sites excluding steroid dienone is 2. The maximum absolute atomic E-state index is 13.6. The highest BCUT2D eigenvalue weighted by molar-refractivity contribution is 7.87. The average Bonchev–Trinajstić information content (AvgIpc) is 3.32. The Kier molecular flexibility index (Phi) is 10.6. The molecule has 0 bridgehead atoms. The van der Waals surface area contributed by atoms with E-state index in [1.165, 1.54) is 38.3 Å². The van der Waals surface area contributed by atoms with Gasteiger partial charge in [0.2, 0.25) is 5.91 Å². The Morgan fingerprint density at radius 3 is 2.49 bits per heavy atom. The number of morpholine rings is 1. The molecule has 3 fully saturated rings. The number of nitrogens with one attached hydrogen (secondary N) is 2. The molecule has 2 N–H and O–H groups in total. The van der Waals surface area contributed by atoms with Gasteiger partial charge in [0.25, 0.3) is 5.91 Å². The summed E-state index contributed by atoms with van der Waals surface area (Å²) in [5.41, 5.74) is 2.33. The van der Waals surface area contributed by atoms with Crippen LogP contribution in [0.1, 0.15) is 60.4 Å². The third kappa shape index (κ3) is 7.46. The standard InChI is InChI=1S/C35H50N6O7S/c1-38(2)49(45,46)37-34(43)24-10-12-29-30(20-24)41-21-26(36-35(44)39(3)22-31(42)40-14-16-48-17-15-40)18-25-19-27(47-4)11-13-28(25)33(41)32(29)23-8-6-5-7-9-23/h10-13,19-20,23,25-26,28,32-33H,5-9,14-18,21-22H2,1-4H3,(H,36,44)(H,37,43). The minimum absolute atomic E-state index is 0.0334. The van der Waals surface area contributed by atoms with Crippen molar-refractivity contribution in [2.24, 2.45) is 17.8 Å². The molecular formula is C35H50N6O7S. The maximum atomic E-state index is 13.6. The molecule has 5 atom stereocenters. The summed E-state index contributed by atoms with van der Waals surface area (Å²) >= 11 is 0. The van der Waals surface area contributed by atoms with E-state index in [9.17, 15) is 22.8 Å². The van der Waals surface area contributed by atoms with Crippen LogP contribution in [0, 0.1) is 17.8 Å². The number of urea groups is 1. The van der Waals surface area contributed by atoms with Gasteiger partial charge in [-0.05, 0) is 60.9 Å². The number of hydrogen-bond donors (Lipinski definition) is 2. The lowest BCUT2D eigenvalue weighted by atomic mass is 9.68. The van der Waals surface area contributed by atoms with E-state index in [1.54, 1.807) is 25.1 Å². The normalized spacial score (nSPS) is 27.0. The van der Waals surface area contributed by atoms with Gasteiger partial charge < -0.3 is 29.5 Å². The van der Waals surface area contributed by atoms with Crippen molar-refractivity contribution in [2.75, 3.05) is 72.5 Å². The van der Waals surface area contributed by atoms with Crippen LogP contribution >= 0.6 is 0 Å². The molecule has 13 nitrogen and oxygen atoms in total. The summed E-state index contributed by atoms with van der Waals surface area (Å²) in [5.74, 6) is 0.846. The minimum atomic E-state index is -3.98. The van der Waals surface area contributed by atoms with E-state index in [-0.39, 0.29) is 53.9 Å². The second kappa shape index (κ2) is 14.7. The predicted molar refractivity (Wildman–Crippen MR) is 185 cm³/mol. The van der Waals surface area contributed by atoms with Gasteiger partial charge in [-0.1, -0.05) is 31.4 Å². The summed E-state index contributed by atoms with van der Waals surface area (Å²) in [5, 5.41) is 3.24. The van der Waals surface area contributed by atoms with Crippen molar-refractivity contribution < 1.29 is 32.3 Å². The third-order valence-electron chi connectivity index (χ3n) is 10.9. The molecule has 5 unspecified atom stereocenters. The first kappa shape index (κ1) is 35.2. The first-order valence-corrected chi connectivity index (χ1v) is 18.9. The molecule has 14 heteroatoms. The van der Waals surface area contributed by atoms with Crippen LogP contribution in [0.4, 0.5) is 10.5 Å². The lowest BCUT2D eigenvalue weighted by Crippen LogP contribution is -2.52. The SMILES string of the molecule is COC1=CC2CC(NC(=O)N(C)CC(=O)N3CCOCC3)CN3c4cc(C(=O)NS(=O)(=O)N(C)C)ccc4C(C4CCCCC4)C3C2C=C1. The van der Waals surface area contributed by atoms with E-state index >= 15 is 0 Å². The summed E-state index contributed by atoms with van der Waals surface area (Å²) in [7, 11) is 2.07. The van der Waals surface area contributed by atoms with Gasteiger partial charge >= 0.3 is 16.2 Å². The number of anilines is 1. The van der Waals surface area contributed by atoms with Crippen molar-refractivity contribution in [3.63, 3.8) is 0 Å². The van der Waals surface area contributed by atoms with Crippen LogP contribution < -0.4 is 14.9 Å². The summed E-state index contributed by atoms with van der Waals surface area (Å²) in [6, 6.07) is 5.03. The second-order valence-electron chi connectivity index (χ2n) is 14.2. The van der Waals surface area contributed by atoms with E-state index in [1.807, 2.05) is 18.2 Å². The van der Waals surface area contributed by atoms with Gasteiger partial charge in [-0.2, -0.15) is 12.7 Å². The monoisotopic (exact) mass is 698 g/mol. The van der Waals surface area contributed by atoms with Gasteiger partial charge in [-0.25, -0.2) is 9.52 Å². The first-order chi connectivity index (χ1) is 23.5. The Morgan fingerprint density at radius 1 is 1.06 bits per heavy atom. The Labute approximate surface area is 289 Å². The molecule has 4 amide bonds. The average molecular weight is 699 g/mol. The highest BCUT2D eigenvalue weighted by Gasteiger charge is 2.50. The summed E-state index contributed by atoms with van der Waals surface area (Å²) in [6.45, 7) is 2.48. The third-order valence-corrected chi connectivity index (χ3v) is 12.3. The van der Waals surface area contributed by atoms with E-state index in [0.29, 0.717) is 45.2 Å². The zero-order chi connectivity index (χ0) is 34.9. The van der Waals surface area contributed by atoms with Crippen molar-refractivity contribution in [3.05, 3.63) is 53.3 Å². The number of carbonyl (C=O) groups is 3. The summed E-state index contributed by atoms with van der Waals surface area (Å²) in [6.07, 6.45) is 13.0. The van der Waals surface area contributed by atoms with Gasteiger partial charge in [0.1, 0.15) is 12.3 Å². The van der Waals surface area contributed by atoms with Gasteiger partial charge in [0, 0.05) is 75.9 Å². The molecule has 0 spiro atoms. The van der Waals surface area contributed by atoms with Crippen molar-refractivity contribution in [2.45, 2.75) is 56.5 Å². The molecule has 3 aliphatic heterocycles. The predicted octanol–water partition coefficient (Wildman–Crippen LogP) is 2.68. The van der Waals surface area contributed by atoms with Crippen molar-refractivity contribution in [1.82, 2.24) is 24.1 Å². The van der Waals surface area contributed by atoms with E-state index in [2.05, 4.69) is 27.1 Å². The Hall–Kier alpha value is -3.62. The molecule has 49 heavy (non-hydrogen) atoms. The second-order valence-corrected chi connectivity index (χ2v) is 16.0. The zero-order valence-electron chi connectivity index (χ0n) is 29.0. The maximum Gasteiger partial charge on any atom is 0.317 e. The molecule has 2 saturated heterocycles. The number of benzene rings is 1. The largest absolute Gasteiger partial charge is 0.497 e. The number of hydrogen-bond acceptors (Lipinski definition) is 8. The number of nitrogens with zero attached hydrogens (tertiary/aromatic N) is 4. The summed E-state index contributed by atoms with van der Waals surface area (Å²) in [4.78, 5) is 45.4. The lowest BCUT2D eigenvalue weighted by Gasteiger charge is -2.40. The van der Waals surface area contributed by atoms with Gasteiger partial charge in [-0.3, -0.25) is 9.59 Å². The summed E-state index contributed by atoms with van der Waals surface area (Å²) < 4.78 is 39.2. The molecule has 0 radical (unpaired) electrons. The molecule has 1 saturated carbocycles. The number of amides is 4. The van der Waals surface area contributed by atoms with E-state index in [4.69, 9.17) is 9.47 Å². The fourth-order valence-corrected chi connectivity index (χ4v) is 8.92.